The van der Waals surface area contributed by atoms with Crippen LogP contribution < -0.4 is 4.74 Å². The van der Waals surface area contributed by atoms with Gasteiger partial charge >= 0.3 is 0 Å². The summed E-state index contributed by atoms with van der Waals surface area (Å²) >= 11 is 5.74. The molecule has 0 unspecified atom stereocenters. The molecule has 0 atom stereocenters. The molecule has 3 nitrogen and oxygen atoms in total. The van der Waals surface area contributed by atoms with Crippen molar-refractivity contribution < 1.29 is 4.74 Å². The predicted octanol–water partition coefficient (Wildman–Crippen LogP) is 1.88. The normalized spacial score (nSPS) is 17.1. The van der Waals surface area contributed by atoms with E-state index in [9.17, 15) is 0 Å². The van der Waals surface area contributed by atoms with Crippen LogP contribution in [0.25, 0.3) is 0 Å². The fourth-order valence-electron chi connectivity index (χ4n) is 0.944. The minimum Gasteiger partial charge on any atom is -0.472 e. The first-order valence-corrected chi connectivity index (χ1v) is 4.19. The molecule has 2 rings (SSSR count). The summed E-state index contributed by atoms with van der Waals surface area (Å²) < 4.78 is 5.44. The van der Waals surface area contributed by atoms with Crippen molar-refractivity contribution in [3.8, 4) is 5.88 Å². The summed E-state index contributed by atoms with van der Waals surface area (Å²) in [5.74, 6) is 0.442. The molecule has 1 fully saturated rings. The van der Waals surface area contributed by atoms with Crippen LogP contribution in [-0.2, 0) is 0 Å². The molecular formula is C8H8ClN2O. The second kappa shape index (κ2) is 3.27. The van der Waals surface area contributed by atoms with Crippen molar-refractivity contribution in [3.63, 3.8) is 0 Å². The van der Waals surface area contributed by atoms with Crippen LogP contribution in [0.5, 0.6) is 5.88 Å². The van der Waals surface area contributed by atoms with Crippen molar-refractivity contribution in [2.75, 3.05) is 0 Å². The molecule has 1 aromatic rings. The SMILES string of the molecule is Clc1nccnc1OC1C[CH]C1. The smallest absolute Gasteiger partial charge is 0.252 e. The lowest BCUT2D eigenvalue weighted by Gasteiger charge is -2.25. The Morgan fingerprint density at radius 2 is 2.08 bits per heavy atom. The van der Waals surface area contributed by atoms with Gasteiger partial charge in [0.1, 0.15) is 6.10 Å². The molecule has 1 heterocycles. The molecule has 0 spiro atoms. The molecule has 1 aliphatic carbocycles. The molecule has 0 saturated heterocycles. The van der Waals surface area contributed by atoms with E-state index in [-0.39, 0.29) is 6.10 Å². The molecule has 0 amide bonds. The maximum absolute atomic E-state index is 5.74. The van der Waals surface area contributed by atoms with E-state index in [0.29, 0.717) is 11.0 Å². The van der Waals surface area contributed by atoms with Gasteiger partial charge in [0, 0.05) is 12.4 Å². The molecule has 1 aromatic heterocycles. The largest absolute Gasteiger partial charge is 0.472 e. The van der Waals surface area contributed by atoms with Crippen LogP contribution in [0.4, 0.5) is 0 Å². The molecule has 1 radical (unpaired) electrons. The zero-order chi connectivity index (χ0) is 8.39. The van der Waals surface area contributed by atoms with Gasteiger partial charge in [-0.3, -0.25) is 0 Å². The Labute approximate surface area is 75.7 Å². The molecule has 12 heavy (non-hydrogen) atoms. The molecular weight excluding hydrogens is 176 g/mol. The van der Waals surface area contributed by atoms with E-state index in [1.54, 1.807) is 12.4 Å². The molecule has 1 aliphatic rings. The number of hydrogen-bond donors (Lipinski definition) is 0. The highest BCUT2D eigenvalue weighted by atomic mass is 35.5. The quantitative estimate of drug-likeness (QED) is 0.702. The van der Waals surface area contributed by atoms with E-state index in [4.69, 9.17) is 16.3 Å². The summed E-state index contributed by atoms with van der Waals surface area (Å²) in [6, 6.07) is 0. The van der Waals surface area contributed by atoms with Gasteiger partial charge < -0.3 is 4.74 Å². The van der Waals surface area contributed by atoms with Gasteiger partial charge in [0.2, 0.25) is 0 Å². The Kier molecular flexibility index (Phi) is 2.13. The molecule has 0 N–H and O–H groups in total. The van der Waals surface area contributed by atoms with Gasteiger partial charge in [0.05, 0.1) is 0 Å². The predicted molar refractivity (Wildman–Crippen MR) is 45.0 cm³/mol. The zero-order valence-electron chi connectivity index (χ0n) is 6.40. The summed E-state index contributed by atoms with van der Waals surface area (Å²) in [6.07, 6.45) is 7.49. The Morgan fingerprint density at radius 3 is 2.67 bits per heavy atom. The number of nitrogens with zero attached hydrogens (tertiary/aromatic N) is 2. The molecule has 0 aromatic carbocycles. The first-order valence-electron chi connectivity index (χ1n) is 3.81. The zero-order valence-corrected chi connectivity index (χ0v) is 7.16. The van der Waals surface area contributed by atoms with Crippen molar-refractivity contribution in [1.29, 1.82) is 0 Å². The Morgan fingerprint density at radius 1 is 1.33 bits per heavy atom. The minimum atomic E-state index is 0.249. The van der Waals surface area contributed by atoms with Crippen LogP contribution in [0.3, 0.4) is 0 Å². The van der Waals surface area contributed by atoms with Crippen LogP contribution in [0.2, 0.25) is 5.15 Å². The third-order valence-electron chi connectivity index (χ3n) is 1.76. The third-order valence-corrected chi connectivity index (χ3v) is 2.02. The summed E-state index contributed by atoms with van der Waals surface area (Å²) in [5, 5.41) is 0.337. The molecule has 4 heteroatoms. The Bertz CT molecular complexity index is 276. The summed E-state index contributed by atoms with van der Waals surface area (Å²) in [5.41, 5.74) is 0. The van der Waals surface area contributed by atoms with E-state index in [0.717, 1.165) is 12.8 Å². The van der Waals surface area contributed by atoms with E-state index in [2.05, 4.69) is 16.4 Å². The van der Waals surface area contributed by atoms with Gasteiger partial charge in [0.15, 0.2) is 5.15 Å². The highest BCUT2D eigenvalue weighted by molar-refractivity contribution is 6.30. The van der Waals surface area contributed by atoms with Crippen molar-refractivity contribution >= 4 is 11.6 Å². The van der Waals surface area contributed by atoms with Crippen LogP contribution in [0.15, 0.2) is 12.4 Å². The lowest BCUT2D eigenvalue weighted by atomic mass is 9.96. The van der Waals surface area contributed by atoms with Gasteiger partial charge in [0.25, 0.3) is 5.88 Å². The number of aromatic nitrogens is 2. The number of halogens is 1. The lowest BCUT2D eigenvalue weighted by Crippen LogP contribution is -2.25. The lowest BCUT2D eigenvalue weighted by molar-refractivity contribution is 0.151. The summed E-state index contributed by atoms with van der Waals surface area (Å²) in [6.45, 7) is 0. The van der Waals surface area contributed by atoms with Gasteiger partial charge in [-0.2, -0.15) is 0 Å². The monoisotopic (exact) mass is 183 g/mol. The fourth-order valence-corrected chi connectivity index (χ4v) is 1.09. The van der Waals surface area contributed by atoms with E-state index < -0.39 is 0 Å². The van der Waals surface area contributed by atoms with Gasteiger partial charge in [-0.25, -0.2) is 9.97 Å². The van der Waals surface area contributed by atoms with Crippen molar-refractivity contribution in [2.24, 2.45) is 0 Å². The maximum atomic E-state index is 5.74. The standard InChI is InChI=1S/C8H8ClN2O/c9-7-8(11-5-4-10-7)12-6-2-1-3-6/h1,4-6H,2-3H2. The minimum absolute atomic E-state index is 0.249. The van der Waals surface area contributed by atoms with Crippen molar-refractivity contribution in [2.45, 2.75) is 18.9 Å². The van der Waals surface area contributed by atoms with Crippen molar-refractivity contribution in [1.82, 2.24) is 9.97 Å². The van der Waals surface area contributed by atoms with E-state index >= 15 is 0 Å². The average Bonchev–Trinajstić information content (AvgIpc) is 2.00. The van der Waals surface area contributed by atoms with Crippen LogP contribution in [0, 0.1) is 6.42 Å². The second-order valence-electron chi connectivity index (χ2n) is 2.65. The van der Waals surface area contributed by atoms with Gasteiger partial charge in [-0.1, -0.05) is 11.6 Å². The highest BCUT2D eigenvalue weighted by Crippen LogP contribution is 2.26. The fraction of sp³-hybridized carbons (Fsp3) is 0.375. The molecule has 0 bridgehead atoms. The first kappa shape index (κ1) is 7.80. The number of ether oxygens (including phenoxy) is 1. The topological polar surface area (TPSA) is 35.0 Å². The van der Waals surface area contributed by atoms with Gasteiger partial charge in [-0.05, 0) is 19.3 Å². The second-order valence-corrected chi connectivity index (χ2v) is 3.01. The molecule has 0 aliphatic heterocycles. The number of rotatable bonds is 2. The van der Waals surface area contributed by atoms with Crippen LogP contribution in [0.1, 0.15) is 12.8 Å². The van der Waals surface area contributed by atoms with E-state index in [1.165, 1.54) is 0 Å². The van der Waals surface area contributed by atoms with E-state index in [1.807, 2.05) is 0 Å². The average molecular weight is 184 g/mol. The Balaban J connectivity index is 2.06. The Hall–Kier alpha value is -0.830. The summed E-state index contributed by atoms with van der Waals surface area (Å²) in [7, 11) is 0. The third kappa shape index (κ3) is 1.50. The summed E-state index contributed by atoms with van der Waals surface area (Å²) in [4.78, 5) is 7.83. The highest BCUT2D eigenvalue weighted by Gasteiger charge is 2.21. The number of hydrogen-bond acceptors (Lipinski definition) is 3. The van der Waals surface area contributed by atoms with Crippen LogP contribution >= 0.6 is 11.6 Å². The van der Waals surface area contributed by atoms with Gasteiger partial charge in [-0.15, -0.1) is 0 Å². The maximum Gasteiger partial charge on any atom is 0.252 e. The first-order chi connectivity index (χ1) is 5.86. The molecule has 63 valence electrons. The van der Waals surface area contributed by atoms with Crippen LogP contribution in [-0.4, -0.2) is 16.1 Å². The van der Waals surface area contributed by atoms with Crippen molar-refractivity contribution in [3.05, 3.63) is 24.0 Å². The molecule has 1 saturated carbocycles.